The Kier molecular flexibility index (Phi) is 2.69. The van der Waals surface area contributed by atoms with Gasteiger partial charge in [0.1, 0.15) is 5.58 Å². The first-order valence-electron chi connectivity index (χ1n) is 6.88. The average Bonchev–Trinajstić information content (AvgIpc) is 3.09. The van der Waals surface area contributed by atoms with Crippen LogP contribution in [-0.4, -0.2) is 11.7 Å². The predicted octanol–water partition coefficient (Wildman–Crippen LogP) is 3.65. The Bertz CT molecular complexity index is 917. The average molecular weight is 289 g/mol. The molecule has 4 rings (SSSR count). The van der Waals surface area contributed by atoms with E-state index in [1.807, 2.05) is 36.4 Å². The van der Waals surface area contributed by atoms with Crippen LogP contribution in [-0.2, 0) is 4.79 Å². The molecule has 0 radical (unpaired) electrons. The first-order valence-corrected chi connectivity index (χ1v) is 6.88. The van der Waals surface area contributed by atoms with Crippen molar-refractivity contribution in [2.45, 2.75) is 0 Å². The maximum Gasteiger partial charge on any atom is 0.256 e. The van der Waals surface area contributed by atoms with Gasteiger partial charge in [-0.3, -0.25) is 9.59 Å². The number of fused-ring (bicyclic) bond motifs is 2. The molecule has 22 heavy (non-hydrogen) atoms. The van der Waals surface area contributed by atoms with Crippen LogP contribution in [0.5, 0.6) is 0 Å². The molecule has 1 aromatic heterocycles. The first kappa shape index (κ1) is 12.6. The summed E-state index contributed by atoms with van der Waals surface area (Å²) in [4.78, 5) is 24.4. The van der Waals surface area contributed by atoms with Crippen LogP contribution in [0.2, 0.25) is 0 Å². The molecule has 106 valence electrons. The molecule has 0 atom stereocenters. The molecule has 0 saturated carbocycles. The second kappa shape index (κ2) is 4.70. The summed E-state index contributed by atoms with van der Waals surface area (Å²) in [6.45, 7) is 0. The largest absolute Gasteiger partial charge is 0.453 e. The fourth-order valence-corrected chi connectivity index (χ4v) is 2.59. The van der Waals surface area contributed by atoms with Crippen LogP contribution in [0.25, 0.3) is 16.5 Å². The van der Waals surface area contributed by atoms with Gasteiger partial charge in [-0.1, -0.05) is 36.4 Å². The Hall–Kier alpha value is -3.14. The van der Waals surface area contributed by atoms with Gasteiger partial charge in [-0.2, -0.15) is 0 Å². The van der Waals surface area contributed by atoms with Gasteiger partial charge < -0.3 is 9.73 Å². The van der Waals surface area contributed by atoms with E-state index in [0.29, 0.717) is 11.2 Å². The minimum absolute atomic E-state index is 0.228. The normalized spacial score (nSPS) is 15.1. The van der Waals surface area contributed by atoms with E-state index >= 15 is 0 Å². The Morgan fingerprint density at radius 2 is 1.82 bits per heavy atom. The lowest BCUT2D eigenvalue weighted by molar-refractivity contribution is -0.110. The summed E-state index contributed by atoms with van der Waals surface area (Å²) >= 11 is 0. The lowest BCUT2D eigenvalue weighted by atomic mass is 10.1. The van der Waals surface area contributed by atoms with Crippen molar-refractivity contribution in [1.29, 1.82) is 0 Å². The summed E-state index contributed by atoms with van der Waals surface area (Å²) < 4.78 is 5.54. The second-order valence-corrected chi connectivity index (χ2v) is 5.07. The number of para-hydroxylation sites is 2. The van der Waals surface area contributed by atoms with Crippen LogP contribution in [0.4, 0.5) is 5.69 Å². The number of carbonyl (C=O) groups excluding carboxylic acids is 2. The monoisotopic (exact) mass is 289 g/mol. The summed E-state index contributed by atoms with van der Waals surface area (Å²) in [5, 5.41) is 3.60. The standard InChI is InChI=1S/C18H11NO3/c20-15(17-9-11-5-1-4-8-16(11)22-17)10-13-12-6-2-3-7-14(12)19-18(13)21/h1-10H,(H,19,21)/b13-10-. The molecule has 2 heterocycles. The van der Waals surface area contributed by atoms with Crippen LogP contribution in [0.15, 0.2) is 65.1 Å². The topological polar surface area (TPSA) is 59.3 Å². The number of nitrogens with one attached hydrogen (secondary N) is 1. The van der Waals surface area contributed by atoms with Gasteiger partial charge in [-0.15, -0.1) is 0 Å². The molecule has 3 aromatic rings. The zero-order valence-electron chi connectivity index (χ0n) is 11.5. The van der Waals surface area contributed by atoms with Gasteiger partial charge in [0.05, 0.1) is 5.57 Å². The Morgan fingerprint density at radius 3 is 2.68 bits per heavy atom. The Balaban J connectivity index is 1.76. The van der Waals surface area contributed by atoms with Gasteiger partial charge in [0.15, 0.2) is 5.76 Å². The molecule has 0 unspecified atom stereocenters. The lowest BCUT2D eigenvalue weighted by Gasteiger charge is -1.96. The first-order chi connectivity index (χ1) is 10.7. The number of rotatable bonds is 2. The minimum Gasteiger partial charge on any atom is -0.453 e. The molecule has 0 fully saturated rings. The van der Waals surface area contributed by atoms with Crippen LogP contribution in [0, 0.1) is 0 Å². The van der Waals surface area contributed by atoms with E-state index < -0.39 is 0 Å². The molecule has 2 aromatic carbocycles. The number of hydrogen-bond donors (Lipinski definition) is 1. The Morgan fingerprint density at radius 1 is 1.05 bits per heavy atom. The van der Waals surface area contributed by atoms with E-state index in [-0.39, 0.29) is 17.5 Å². The summed E-state index contributed by atoms with van der Waals surface area (Å²) in [7, 11) is 0. The van der Waals surface area contributed by atoms with Crippen molar-refractivity contribution in [3.8, 4) is 0 Å². The van der Waals surface area contributed by atoms with Crippen molar-refractivity contribution in [2.24, 2.45) is 0 Å². The lowest BCUT2D eigenvalue weighted by Crippen LogP contribution is -2.05. The van der Waals surface area contributed by atoms with Crippen molar-refractivity contribution in [2.75, 3.05) is 5.32 Å². The van der Waals surface area contributed by atoms with Crippen LogP contribution < -0.4 is 5.32 Å². The molecule has 0 aliphatic carbocycles. The molecule has 4 heteroatoms. The molecule has 4 nitrogen and oxygen atoms in total. The third kappa shape index (κ3) is 1.93. The van der Waals surface area contributed by atoms with Gasteiger partial charge in [-0.05, 0) is 18.2 Å². The van der Waals surface area contributed by atoms with Crippen LogP contribution in [0.1, 0.15) is 16.1 Å². The van der Waals surface area contributed by atoms with Crippen LogP contribution in [0.3, 0.4) is 0 Å². The second-order valence-electron chi connectivity index (χ2n) is 5.07. The van der Waals surface area contributed by atoms with Crippen molar-refractivity contribution in [1.82, 2.24) is 0 Å². The van der Waals surface area contributed by atoms with E-state index in [9.17, 15) is 9.59 Å². The zero-order chi connectivity index (χ0) is 15.1. The fraction of sp³-hybridized carbons (Fsp3) is 0. The van der Waals surface area contributed by atoms with Crippen molar-refractivity contribution < 1.29 is 14.0 Å². The SMILES string of the molecule is O=C1Nc2ccccc2/C1=C/C(=O)c1cc2ccccc2o1. The van der Waals surface area contributed by atoms with Crippen molar-refractivity contribution >= 4 is 33.9 Å². The maximum atomic E-state index is 12.4. The predicted molar refractivity (Wildman–Crippen MR) is 83.6 cm³/mol. The van der Waals surface area contributed by atoms with Crippen LogP contribution >= 0.6 is 0 Å². The van der Waals surface area contributed by atoms with Gasteiger partial charge in [0.2, 0.25) is 5.78 Å². The molecule has 0 saturated heterocycles. The number of carbonyl (C=O) groups is 2. The molecular weight excluding hydrogens is 278 g/mol. The quantitative estimate of drug-likeness (QED) is 0.578. The highest BCUT2D eigenvalue weighted by Crippen LogP contribution is 2.31. The highest BCUT2D eigenvalue weighted by Gasteiger charge is 2.25. The summed E-state index contributed by atoms with van der Waals surface area (Å²) in [5.41, 5.74) is 2.47. The van der Waals surface area contributed by atoms with Crippen molar-refractivity contribution in [3.05, 3.63) is 72.0 Å². The maximum absolute atomic E-state index is 12.4. The van der Waals surface area contributed by atoms with E-state index in [0.717, 1.165) is 16.6 Å². The molecule has 1 aliphatic rings. The van der Waals surface area contributed by atoms with Gasteiger partial charge in [0, 0.05) is 22.7 Å². The molecule has 1 amide bonds. The number of benzene rings is 2. The third-order valence-corrected chi connectivity index (χ3v) is 3.65. The summed E-state index contributed by atoms with van der Waals surface area (Å²) in [6.07, 6.45) is 1.33. The van der Waals surface area contributed by atoms with Gasteiger partial charge >= 0.3 is 0 Å². The van der Waals surface area contributed by atoms with E-state index in [1.54, 1.807) is 18.2 Å². The number of furan rings is 1. The number of anilines is 1. The molecule has 0 bridgehead atoms. The van der Waals surface area contributed by atoms with Crippen molar-refractivity contribution in [3.63, 3.8) is 0 Å². The molecule has 1 N–H and O–H groups in total. The number of amides is 1. The van der Waals surface area contributed by atoms with Gasteiger partial charge in [-0.25, -0.2) is 0 Å². The number of hydrogen-bond acceptors (Lipinski definition) is 3. The Labute approximate surface area is 126 Å². The van der Waals surface area contributed by atoms with Gasteiger partial charge in [0.25, 0.3) is 5.91 Å². The molecule has 1 aliphatic heterocycles. The smallest absolute Gasteiger partial charge is 0.256 e. The van der Waals surface area contributed by atoms with E-state index in [4.69, 9.17) is 4.42 Å². The number of ketones is 1. The van der Waals surface area contributed by atoms with E-state index in [2.05, 4.69) is 5.32 Å². The zero-order valence-corrected chi connectivity index (χ0v) is 11.5. The molecule has 0 spiro atoms. The summed E-state index contributed by atoms with van der Waals surface area (Å²) in [5.74, 6) is -0.366. The summed E-state index contributed by atoms with van der Waals surface area (Å²) in [6, 6.07) is 16.4. The number of allylic oxidation sites excluding steroid dienone is 1. The highest BCUT2D eigenvalue weighted by molar-refractivity contribution is 6.34. The highest BCUT2D eigenvalue weighted by atomic mass is 16.3. The fourth-order valence-electron chi connectivity index (χ4n) is 2.59. The molecular formula is C18H11NO3. The minimum atomic E-state index is -0.321. The van der Waals surface area contributed by atoms with E-state index in [1.165, 1.54) is 6.08 Å². The third-order valence-electron chi connectivity index (χ3n) is 3.65.